The van der Waals surface area contributed by atoms with E-state index in [1.54, 1.807) is 31.2 Å². The lowest BCUT2D eigenvalue weighted by molar-refractivity contribution is -0.384. The number of non-ortho nitro benzene ring substituents is 1. The number of nitrogens with zero attached hydrogens (tertiary/aromatic N) is 4. The molecule has 0 saturated carbocycles. The Balaban J connectivity index is 1.48. The number of β-lactam (4-membered cyclic amide) rings is 1. The molecular formula is C26H24N4O9S2. The molecule has 41 heavy (non-hydrogen) atoms. The minimum atomic E-state index is -2.07. The summed E-state index contributed by atoms with van der Waals surface area (Å²) in [6.07, 6.45) is -2.25. The molecule has 1 saturated heterocycles. The van der Waals surface area contributed by atoms with E-state index < -0.39 is 51.2 Å². The second kappa shape index (κ2) is 12.9. The zero-order chi connectivity index (χ0) is 29.7. The van der Waals surface area contributed by atoms with Crippen molar-refractivity contribution in [3.8, 4) is 0 Å². The van der Waals surface area contributed by atoms with E-state index >= 15 is 0 Å². The number of benzene rings is 2. The average Bonchev–Trinajstić information content (AvgIpc) is 2.96. The zero-order valence-electron chi connectivity index (χ0n) is 21.8. The molecule has 1 fully saturated rings. The predicted molar refractivity (Wildman–Crippen MR) is 146 cm³/mol. The fraction of sp³-hybridized carbons (Fsp3) is 0.308. The Kier molecular flexibility index (Phi) is 9.32. The molecule has 0 spiro atoms. The van der Waals surface area contributed by atoms with Gasteiger partial charge < -0.3 is 19.7 Å². The van der Waals surface area contributed by atoms with Gasteiger partial charge >= 0.3 is 17.2 Å². The van der Waals surface area contributed by atoms with Gasteiger partial charge in [-0.15, -0.1) is 11.8 Å². The highest BCUT2D eigenvalue weighted by atomic mass is 32.2. The third-order valence-corrected chi connectivity index (χ3v) is 8.92. The largest absolute Gasteiger partial charge is 0.508 e. The smallest absolute Gasteiger partial charge is 0.456 e. The van der Waals surface area contributed by atoms with Crippen LogP contribution in [0.1, 0.15) is 25.0 Å². The van der Waals surface area contributed by atoms with Crippen LogP contribution in [0.5, 0.6) is 0 Å². The summed E-state index contributed by atoms with van der Waals surface area (Å²) in [7, 11) is -2.07. The van der Waals surface area contributed by atoms with Gasteiger partial charge in [-0.2, -0.15) is 4.79 Å². The number of esters is 1. The molecule has 2 aromatic rings. The number of hydrogen-bond donors (Lipinski definition) is 0. The van der Waals surface area contributed by atoms with E-state index in [0.29, 0.717) is 16.9 Å². The number of fused-ring (bicyclic) bond motifs is 1. The van der Waals surface area contributed by atoms with Crippen LogP contribution in [0.3, 0.4) is 0 Å². The molecule has 1 amide bonds. The van der Waals surface area contributed by atoms with E-state index in [4.69, 9.17) is 14.2 Å². The van der Waals surface area contributed by atoms with Crippen LogP contribution in [0.25, 0.3) is 5.53 Å². The molecule has 214 valence electrons. The number of thioether (sulfide) groups is 1. The monoisotopic (exact) mass is 600 g/mol. The standard InChI is InChI=1S/C26H24N4O9S2/c1-3-40-21-20(25(32)37-13-16-7-5-4-6-8-16)29-23(31)19(24(29)41(36)22(21)28-27)15(2)39-26(33)38-14-17-9-11-18(12-10-17)30(34)35/h4-12,15,19,24H,3,13-14H2,1-2H3/t15?,19-,24-,41-/m0/s1. The molecule has 2 aliphatic rings. The number of nitro benzene ring substituents is 1. The van der Waals surface area contributed by atoms with Gasteiger partial charge in [-0.1, -0.05) is 37.3 Å². The van der Waals surface area contributed by atoms with E-state index in [-0.39, 0.29) is 34.5 Å². The minimum Gasteiger partial charge on any atom is -0.456 e. The van der Waals surface area contributed by atoms with Crippen LogP contribution in [-0.4, -0.2) is 59.1 Å². The van der Waals surface area contributed by atoms with Gasteiger partial charge in [0.15, 0.2) is 16.5 Å². The van der Waals surface area contributed by atoms with Crippen LogP contribution >= 0.6 is 11.8 Å². The van der Waals surface area contributed by atoms with Gasteiger partial charge in [-0.25, -0.2) is 13.8 Å². The first kappa shape index (κ1) is 29.6. The molecule has 13 nitrogen and oxygen atoms in total. The number of rotatable bonds is 10. The molecule has 2 aliphatic heterocycles. The number of amides is 1. The Morgan fingerprint density at radius 3 is 2.37 bits per heavy atom. The first-order chi connectivity index (χ1) is 19.7. The summed E-state index contributed by atoms with van der Waals surface area (Å²) in [5.41, 5.74) is 10.6. The number of carbonyl (C=O) groups is 3. The average molecular weight is 601 g/mol. The number of hydrogen-bond acceptors (Lipinski definition) is 10. The SMILES string of the molecule is CCSC1=C(C(=O)OCc2ccccc2)N2C(=O)[C@H](C(C)OC(=O)OCc3ccc([N+](=O)[O-])cc3)[C@@H]2[S@@](=O)C1=[N+]=[N-]. The fourth-order valence-corrected chi connectivity index (χ4v) is 7.05. The molecule has 0 radical (unpaired) electrons. The maximum atomic E-state index is 13.4. The van der Waals surface area contributed by atoms with Gasteiger partial charge in [0.25, 0.3) is 5.69 Å². The Bertz CT molecular complexity index is 1470. The van der Waals surface area contributed by atoms with Crippen LogP contribution < -0.4 is 0 Å². The maximum absolute atomic E-state index is 13.4. The summed E-state index contributed by atoms with van der Waals surface area (Å²) in [4.78, 5) is 53.4. The van der Waals surface area contributed by atoms with Crippen molar-refractivity contribution in [1.82, 2.24) is 4.90 Å². The molecule has 15 heteroatoms. The van der Waals surface area contributed by atoms with Crippen molar-refractivity contribution in [1.29, 1.82) is 0 Å². The zero-order valence-corrected chi connectivity index (χ0v) is 23.5. The molecule has 1 unspecified atom stereocenters. The maximum Gasteiger partial charge on any atom is 0.508 e. The van der Waals surface area contributed by atoms with Gasteiger partial charge in [-0.05, 0) is 35.9 Å². The van der Waals surface area contributed by atoms with Gasteiger partial charge in [0.2, 0.25) is 5.91 Å². The quantitative estimate of drug-likeness (QED) is 0.0978. The molecule has 4 atom stereocenters. The first-order valence-corrected chi connectivity index (χ1v) is 14.5. The van der Waals surface area contributed by atoms with Crippen molar-refractivity contribution >= 4 is 51.3 Å². The van der Waals surface area contributed by atoms with Gasteiger partial charge in [0, 0.05) is 12.1 Å². The van der Waals surface area contributed by atoms with Crippen molar-refractivity contribution in [2.45, 2.75) is 38.5 Å². The number of carbonyl (C=O) groups excluding carboxylic acids is 3. The van der Waals surface area contributed by atoms with Crippen molar-refractivity contribution in [2.24, 2.45) is 5.92 Å². The number of nitro groups is 1. The summed E-state index contributed by atoms with van der Waals surface area (Å²) in [6.45, 7) is 2.85. The Morgan fingerprint density at radius 1 is 1.12 bits per heavy atom. The topological polar surface area (TPSA) is 179 Å². The summed E-state index contributed by atoms with van der Waals surface area (Å²) < 4.78 is 29.2. The van der Waals surface area contributed by atoms with Gasteiger partial charge in [-0.3, -0.25) is 19.8 Å². The number of ether oxygens (including phenoxy) is 3. The Labute approximate surface area is 240 Å². The van der Waals surface area contributed by atoms with Gasteiger partial charge in [0.05, 0.1) is 4.92 Å². The first-order valence-electron chi connectivity index (χ1n) is 12.3. The van der Waals surface area contributed by atoms with Crippen LogP contribution in [0.4, 0.5) is 10.5 Å². The predicted octanol–water partition coefficient (Wildman–Crippen LogP) is 3.52. The fourth-order valence-electron chi connectivity index (χ4n) is 4.26. The molecule has 0 N–H and O–H groups in total. The molecular weight excluding hydrogens is 576 g/mol. The highest BCUT2D eigenvalue weighted by Crippen LogP contribution is 2.44. The van der Waals surface area contributed by atoms with E-state index in [2.05, 4.69) is 4.79 Å². The molecule has 2 heterocycles. The van der Waals surface area contributed by atoms with E-state index in [0.717, 1.165) is 16.7 Å². The summed E-state index contributed by atoms with van der Waals surface area (Å²) in [5.74, 6) is -2.21. The lowest BCUT2D eigenvalue weighted by Crippen LogP contribution is -2.69. The molecule has 0 aliphatic carbocycles. The molecule has 0 aromatic heterocycles. The van der Waals surface area contributed by atoms with E-state index in [1.165, 1.54) is 31.2 Å². The third kappa shape index (κ3) is 6.21. The van der Waals surface area contributed by atoms with Crippen molar-refractivity contribution in [3.05, 3.63) is 92.0 Å². The molecule has 2 aromatic carbocycles. The van der Waals surface area contributed by atoms with E-state index in [1.807, 2.05) is 6.07 Å². The van der Waals surface area contributed by atoms with Crippen molar-refractivity contribution < 1.29 is 42.5 Å². The summed E-state index contributed by atoms with van der Waals surface area (Å²) >= 11 is 1.07. The Hall–Kier alpha value is -4.33. The highest BCUT2D eigenvalue weighted by molar-refractivity contribution is 8.10. The molecule has 0 bridgehead atoms. The third-order valence-electron chi connectivity index (χ3n) is 6.22. The molecule has 4 rings (SSSR count). The van der Waals surface area contributed by atoms with E-state index in [9.17, 15) is 34.2 Å². The van der Waals surface area contributed by atoms with Crippen LogP contribution in [-0.2, 0) is 47.8 Å². The normalized spacial score (nSPS) is 20.3. The highest BCUT2D eigenvalue weighted by Gasteiger charge is 2.63. The second-order valence-electron chi connectivity index (χ2n) is 8.78. The minimum absolute atomic E-state index is 0.0607. The summed E-state index contributed by atoms with van der Waals surface area (Å²) in [5, 5.41) is 9.34. The van der Waals surface area contributed by atoms with Crippen LogP contribution in [0.15, 0.2) is 65.2 Å². The van der Waals surface area contributed by atoms with Crippen LogP contribution in [0, 0.1) is 16.0 Å². The lowest BCUT2D eigenvalue weighted by Gasteiger charge is -2.49. The van der Waals surface area contributed by atoms with Crippen LogP contribution in [0.2, 0.25) is 0 Å². The lowest BCUT2D eigenvalue weighted by atomic mass is 9.91. The van der Waals surface area contributed by atoms with Gasteiger partial charge in [0.1, 0.15) is 35.5 Å². The second-order valence-corrected chi connectivity index (χ2v) is 11.5. The van der Waals surface area contributed by atoms with Crippen molar-refractivity contribution in [2.75, 3.05) is 5.75 Å². The summed E-state index contributed by atoms with van der Waals surface area (Å²) in [6, 6.07) is 14.2. The van der Waals surface area contributed by atoms with Crippen molar-refractivity contribution in [3.63, 3.8) is 0 Å². The Morgan fingerprint density at radius 2 is 1.76 bits per heavy atom.